The van der Waals surface area contributed by atoms with Crippen molar-refractivity contribution in [2.45, 2.75) is 69.3 Å². The molecule has 0 N–H and O–H groups in total. The van der Waals surface area contributed by atoms with E-state index in [0.29, 0.717) is 37.9 Å². The van der Waals surface area contributed by atoms with E-state index >= 15 is 0 Å². The molecule has 1 heterocycles. The van der Waals surface area contributed by atoms with E-state index in [4.69, 9.17) is 40.0 Å². The molecular formula is C61H57ClO6. The summed E-state index contributed by atoms with van der Waals surface area (Å²) < 4.78 is 42.3. The van der Waals surface area contributed by atoms with Crippen LogP contribution in [0.4, 0.5) is 0 Å². The molecule has 1 saturated heterocycles. The summed E-state index contributed by atoms with van der Waals surface area (Å²) in [4.78, 5) is 0. The Hall–Kier alpha value is -6.35. The van der Waals surface area contributed by atoms with Crippen LogP contribution in [-0.4, -0.2) is 37.6 Å². The third-order valence-corrected chi connectivity index (χ3v) is 12.9. The average molecular weight is 922 g/mol. The van der Waals surface area contributed by atoms with Crippen LogP contribution in [0.25, 0.3) is 0 Å². The Labute approximate surface area is 406 Å². The Morgan fingerprint density at radius 1 is 0.471 bits per heavy atom. The lowest BCUT2D eigenvalue weighted by atomic mass is 9.80. The van der Waals surface area contributed by atoms with Gasteiger partial charge in [-0.15, -0.1) is 0 Å². The normalized spacial score (nSPS) is 18.2. The van der Waals surface area contributed by atoms with Crippen molar-refractivity contribution in [3.63, 3.8) is 0 Å². The lowest BCUT2D eigenvalue weighted by molar-refractivity contribution is -0.277. The second-order valence-corrected chi connectivity index (χ2v) is 17.5. The second-order valence-electron chi connectivity index (χ2n) is 17.1. The molecule has 9 rings (SSSR count). The molecule has 0 spiro atoms. The van der Waals surface area contributed by atoms with Gasteiger partial charge in [0, 0.05) is 5.02 Å². The lowest BCUT2D eigenvalue weighted by Crippen LogP contribution is -2.58. The maximum absolute atomic E-state index is 7.59. The molecule has 0 unspecified atom stereocenters. The molecule has 0 saturated carbocycles. The summed E-state index contributed by atoms with van der Waals surface area (Å²) >= 11 is 7.05. The van der Waals surface area contributed by atoms with E-state index in [2.05, 4.69) is 127 Å². The maximum atomic E-state index is 7.59. The zero-order chi connectivity index (χ0) is 46.4. The minimum absolute atomic E-state index is 0.137. The van der Waals surface area contributed by atoms with Crippen LogP contribution >= 0.6 is 11.6 Å². The van der Waals surface area contributed by atoms with Crippen molar-refractivity contribution < 1.29 is 28.4 Å². The molecular weight excluding hydrogens is 864 g/mol. The minimum atomic E-state index is -1.02. The Bertz CT molecular complexity index is 2630. The van der Waals surface area contributed by atoms with Crippen LogP contribution in [0.1, 0.15) is 63.1 Å². The molecule has 7 heteroatoms. The van der Waals surface area contributed by atoms with E-state index in [1.165, 1.54) is 0 Å². The fourth-order valence-corrected chi connectivity index (χ4v) is 9.35. The standard InChI is InChI=1S/C61H57ClO6/c1-2-63-54-36-33-45(34-37-54)39-50-40-49(35-38-55(50)62)57-59(65-42-47-23-11-4-12-24-47)60(66-43-48-25-13-5-14-26-48)58(64-41-46-21-9-3-10-22-46)56(68-57)44-67-61(51-27-15-6-16-28-51,52-29-17-7-18-30-52)53-31-19-8-20-32-53/h3-38,40,56-60H,2,39,41-44H2,1H3/t56-,57+,58-,59+,60+/m1/s1. The summed E-state index contributed by atoms with van der Waals surface area (Å²) in [6, 6.07) is 76.3. The molecule has 1 aliphatic heterocycles. The Morgan fingerprint density at radius 3 is 1.38 bits per heavy atom. The van der Waals surface area contributed by atoms with Crippen molar-refractivity contribution in [3.8, 4) is 5.75 Å². The quantitative estimate of drug-likeness (QED) is 0.0710. The number of halogens is 1. The third-order valence-electron chi connectivity index (χ3n) is 12.5. The molecule has 0 aromatic heterocycles. The Morgan fingerprint density at radius 2 is 0.912 bits per heavy atom. The largest absolute Gasteiger partial charge is 0.494 e. The molecule has 0 aliphatic carbocycles. The van der Waals surface area contributed by atoms with E-state index in [0.717, 1.165) is 55.8 Å². The van der Waals surface area contributed by atoms with Crippen LogP contribution in [0, 0.1) is 0 Å². The van der Waals surface area contributed by atoms with Gasteiger partial charge in [-0.2, -0.15) is 0 Å². The first-order valence-corrected chi connectivity index (χ1v) is 23.9. The highest BCUT2D eigenvalue weighted by Gasteiger charge is 2.50. The summed E-state index contributed by atoms with van der Waals surface area (Å²) in [5, 5.41) is 0.666. The highest BCUT2D eigenvalue weighted by atomic mass is 35.5. The van der Waals surface area contributed by atoms with Gasteiger partial charge >= 0.3 is 0 Å². The van der Waals surface area contributed by atoms with Gasteiger partial charge in [0.15, 0.2) is 0 Å². The van der Waals surface area contributed by atoms with E-state index < -0.39 is 36.1 Å². The van der Waals surface area contributed by atoms with Crippen LogP contribution < -0.4 is 4.74 Å². The monoisotopic (exact) mass is 920 g/mol. The van der Waals surface area contributed by atoms with Crippen LogP contribution in [0.5, 0.6) is 5.75 Å². The van der Waals surface area contributed by atoms with Gasteiger partial charge in [-0.05, 0) is 81.6 Å². The average Bonchev–Trinajstić information content (AvgIpc) is 3.40. The first-order chi connectivity index (χ1) is 33.6. The smallest absolute Gasteiger partial charge is 0.143 e. The van der Waals surface area contributed by atoms with Crippen LogP contribution in [-0.2, 0) is 55.5 Å². The van der Waals surface area contributed by atoms with Gasteiger partial charge in [0.25, 0.3) is 0 Å². The van der Waals surface area contributed by atoms with Gasteiger partial charge < -0.3 is 28.4 Å². The zero-order valence-corrected chi connectivity index (χ0v) is 39.1. The molecule has 68 heavy (non-hydrogen) atoms. The van der Waals surface area contributed by atoms with Gasteiger partial charge in [0.05, 0.1) is 33.0 Å². The van der Waals surface area contributed by atoms with Crippen LogP contribution in [0.2, 0.25) is 5.02 Å². The minimum Gasteiger partial charge on any atom is -0.494 e. The number of benzene rings is 8. The van der Waals surface area contributed by atoms with E-state index in [9.17, 15) is 0 Å². The number of hydrogen-bond donors (Lipinski definition) is 0. The van der Waals surface area contributed by atoms with Crippen molar-refractivity contribution in [1.82, 2.24) is 0 Å². The lowest BCUT2D eigenvalue weighted by Gasteiger charge is -2.47. The van der Waals surface area contributed by atoms with Crippen LogP contribution in [0.15, 0.2) is 224 Å². The summed E-state index contributed by atoms with van der Waals surface area (Å²) in [5.74, 6) is 0.833. The number of rotatable bonds is 20. The van der Waals surface area contributed by atoms with Gasteiger partial charge in [-0.1, -0.05) is 218 Å². The maximum Gasteiger partial charge on any atom is 0.143 e. The molecule has 1 aliphatic rings. The highest BCUT2D eigenvalue weighted by molar-refractivity contribution is 6.31. The molecule has 344 valence electrons. The van der Waals surface area contributed by atoms with E-state index in [1.807, 2.05) is 104 Å². The van der Waals surface area contributed by atoms with Gasteiger partial charge in [0.1, 0.15) is 41.9 Å². The fraction of sp³-hybridized carbons (Fsp3) is 0.213. The Kier molecular flexibility index (Phi) is 15.9. The topological polar surface area (TPSA) is 55.4 Å². The Balaban J connectivity index is 1.16. The molecule has 0 amide bonds. The van der Waals surface area contributed by atoms with Crippen molar-refractivity contribution in [1.29, 1.82) is 0 Å². The van der Waals surface area contributed by atoms with Crippen LogP contribution in [0.3, 0.4) is 0 Å². The van der Waals surface area contributed by atoms with Gasteiger partial charge in [-0.25, -0.2) is 0 Å². The predicted molar refractivity (Wildman–Crippen MR) is 270 cm³/mol. The fourth-order valence-electron chi connectivity index (χ4n) is 9.16. The van der Waals surface area contributed by atoms with Crippen molar-refractivity contribution in [2.24, 2.45) is 0 Å². The first-order valence-electron chi connectivity index (χ1n) is 23.5. The molecule has 0 radical (unpaired) electrons. The molecule has 0 bridgehead atoms. The van der Waals surface area contributed by atoms with Crippen molar-refractivity contribution in [3.05, 3.63) is 280 Å². The van der Waals surface area contributed by atoms with Gasteiger partial charge in [0.2, 0.25) is 0 Å². The summed E-state index contributed by atoms with van der Waals surface area (Å²) in [7, 11) is 0. The molecule has 5 atom stereocenters. The molecule has 1 fully saturated rings. The number of hydrogen-bond acceptors (Lipinski definition) is 6. The summed E-state index contributed by atoms with van der Waals surface area (Å²) in [5.41, 5.74) is 8.04. The summed E-state index contributed by atoms with van der Waals surface area (Å²) in [6.45, 7) is 3.71. The van der Waals surface area contributed by atoms with E-state index in [1.54, 1.807) is 0 Å². The molecule has 8 aromatic rings. The number of ether oxygens (including phenoxy) is 6. The van der Waals surface area contributed by atoms with Crippen molar-refractivity contribution in [2.75, 3.05) is 13.2 Å². The molecule has 6 nitrogen and oxygen atoms in total. The summed E-state index contributed by atoms with van der Waals surface area (Å²) in [6.07, 6.45) is -2.57. The second kappa shape index (κ2) is 23.1. The highest BCUT2D eigenvalue weighted by Crippen LogP contribution is 2.44. The zero-order valence-electron chi connectivity index (χ0n) is 38.3. The third kappa shape index (κ3) is 11.3. The first kappa shape index (κ1) is 46.7. The van der Waals surface area contributed by atoms with Crippen molar-refractivity contribution >= 4 is 11.6 Å². The van der Waals surface area contributed by atoms with E-state index in [-0.39, 0.29) is 6.61 Å². The SMILES string of the molecule is CCOc1ccc(Cc2cc([C@@H]3O[C@H](COC(c4ccccc4)(c4ccccc4)c4ccccc4)[C@@H](OCc4ccccc4)[C@H](OCc4ccccc4)[C@H]3OCc3ccccc3)ccc2Cl)cc1. The predicted octanol–water partition coefficient (Wildman–Crippen LogP) is 13.5. The van der Waals surface area contributed by atoms with Gasteiger partial charge in [-0.3, -0.25) is 0 Å². The molecule has 8 aromatic carbocycles.